The van der Waals surface area contributed by atoms with Gasteiger partial charge in [-0.25, -0.2) is 4.39 Å². The molecule has 0 aliphatic heterocycles. The first-order valence-corrected chi connectivity index (χ1v) is 4.39. The Morgan fingerprint density at radius 1 is 1.62 bits per heavy atom. The highest BCUT2D eigenvalue weighted by atomic mass is 79.9. The molecular formula is C9H8BrFO2. The van der Waals surface area contributed by atoms with Crippen LogP contribution in [-0.2, 0) is 0 Å². The second-order valence-corrected chi connectivity index (χ2v) is 3.35. The summed E-state index contributed by atoms with van der Waals surface area (Å²) < 4.78 is 18.2. The number of benzene rings is 1. The van der Waals surface area contributed by atoms with Crippen LogP contribution < -0.4 is 4.74 Å². The first-order chi connectivity index (χ1) is 6.11. The number of hydrogen-bond donors (Lipinski definition) is 0. The summed E-state index contributed by atoms with van der Waals surface area (Å²) >= 11 is 2.98. The van der Waals surface area contributed by atoms with E-state index in [1.54, 1.807) is 6.92 Å². The van der Waals surface area contributed by atoms with E-state index in [2.05, 4.69) is 15.9 Å². The average molecular weight is 247 g/mol. The fourth-order valence-electron chi connectivity index (χ4n) is 1.14. The molecule has 1 aromatic rings. The van der Waals surface area contributed by atoms with E-state index in [0.29, 0.717) is 17.6 Å². The van der Waals surface area contributed by atoms with E-state index >= 15 is 0 Å². The summed E-state index contributed by atoms with van der Waals surface area (Å²) in [6, 6.07) is 1.32. The van der Waals surface area contributed by atoms with Gasteiger partial charge in [0.1, 0.15) is 11.6 Å². The Bertz CT molecular complexity index is 350. The van der Waals surface area contributed by atoms with Gasteiger partial charge in [0.05, 0.1) is 17.1 Å². The fraction of sp³-hybridized carbons (Fsp3) is 0.222. The molecule has 0 saturated carbocycles. The topological polar surface area (TPSA) is 26.3 Å². The maximum atomic E-state index is 13.1. The van der Waals surface area contributed by atoms with Crippen LogP contribution in [0, 0.1) is 12.7 Å². The summed E-state index contributed by atoms with van der Waals surface area (Å²) in [7, 11) is 1.44. The van der Waals surface area contributed by atoms with Crippen molar-refractivity contribution in [1.82, 2.24) is 0 Å². The molecule has 0 amide bonds. The van der Waals surface area contributed by atoms with Gasteiger partial charge in [-0.2, -0.15) is 0 Å². The van der Waals surface area contributed by atoms with Gasteiger partial charge in [0.15, 0.2) is 6.29 Å². The van der Waals surface area contributed by atoms with Crippen molar-refractivity contribution in [3.05, 3.63) is 27.5 Å². The normalized spacial score (nSPS) is 9.85. The van der Waals surface area contributed by atoms with Gasteiger partial charge in [-0.05, 0) is 34.5 Å². The van der Waals surface area contributed by atoms with Crippen molar-refractivity contribution >= 4 is 22.2 Å². The number of ether oxygens (including phenoxy) is 1. The van der Waals surface area contributed by atoms with Crippen LogP contribution in [0.4, 0.5) is 4.39 Å². The standard InChI is InChI=1S/C9H8BrFO2/c1-5-3-7(11)8(10)6(4-12)9(5)13-2/h3-4H,1-2H3. The Labute approximate surface area is 83.8 Å². The smallest absolute Gasteiger partial charge is 0.155 e. The third-order valence-electron chi connectivity index (χ3n) is 1.71. The highest BCUT2D eigenvalue weighted by Crippen LogP contribution is 2.31. The van der Waals surface area contributed by atoms with E-state index in [9.17, 15) is 9.18 Å². The van der Waals surface area contributed by atoms with Crippen LogP contribution in [0.1, 0.15) is 15.9 Å². The molecule has 1 aromatic carbocycles. The zero-order valence-corrected chi connectivity index (χ0v) is 8.81. The molecule has 0 fully saturated rings. The van der Waals surface area contributed by atoms with Gasteiger partial charge in [-0.1, -0.05) is 0 Å². The molecule has 0 spiro atoms. The maximum Gasteiger partial charge on any atom is 0.155 e. The molecule has 2 nitrogen and oxygen atoms in total. The number of rotatable bonds is 2. The lowest BCUT2D eigenvalue weighted by molar-refractivity contribution is 0.111. The maximum absolute atomic E-state index is 13.1. The average Bonchev–Trinajstić information content (AvgIpc) is 2.10. The molecule has 4 heteroatoms. The van der Waals surface area contributed by atoms with Crippen LogP contribution in [0.15, 0.2) is 10.5 Å². The predicted molar refractivity (Wildman–Crippen MR) is 50.8 cm³/mol. The van der Waals surface area contributed by atoms with E-state index in [0.717, 1.165) is 0 Å². The van der Waals surface area contributed by atoms with Crippen molar-refractivity contribution < 1.29 is 13.9 Å². The minimum atomic E-state index is -0.458. The number of aldehydes is 1. The Hall–Kier alpha value is -0.900. The van der Waals surface area contributed by atoms with E-state index in [-0.39, 0.29) is 10.0 Å². The summed E-state index contributed by atoms with van der Waals surface area (Å²) in [5.74, 6) is -0.0522. The molecule has 0 bridgehead atoms. The molecule has 0 aromatic heterocycles. The lowest BCUT2D eigenvalue weighted by atomic mass is 10.1. The number of methoxy groups -OCH3 is 1. The molecule has 0 saturated heterocycles. The van der Waals surface area contributed by atoms with Crippen molar-refractivity contribution in [2.45, 2.75) is 6.92 Å². The zero-order valence-electron chi connectivity index (χ0n) is 7.23. The second kappa shape index (κ2) is 3.87. The quantitative estimate of drug-likeness (QED) is 0.751. The minimum absolute atomic E-state index is 0.143. The van der Waals surface area contributed by atoms with Crippen molar-refractivity contribution in [3.63, 3.8) is 0 Å². The fourth-order valence-corrected chi connectivity index (χ4v) is 1.52. The van der Waals surface area contributed by atoms with Gasteiger partial charge in [0.2, 0.25) is 0 Å². The van der Waals surface area contributed by atoms with Crippen molar-refractivity contribution in [1.29, 1.82) is 0 Å². The van der Waals surface area contributed by atoms with Crippen LogP contribution >= 0.6 is 15.9 Å². The molecule has 1 rings (SSSR count). The summed E-state index contributed by atoms with van der Waals surface area (Å²) in [5.41, 5.74) is 0.810. The molecule has 0 heterocycles. The highest BCUT2D eigenvalue weighted by molar-refractivity contribution is 9.10. The monoisotopic (exact) mass is 246 g/mol. The molecule has 0 aliphatic rings. The SMILES string of the molecule is COc1c(C)cc(F)c(Br)c1C=O. The summed E-state index contributed by atoms with van der Waals surface area (Å²) in [6.07, 6.45) is 0.568. The van der Waals surface area contributed by atoms with Crippen LogP contribution in [0.2, 0.25) is 0 Å². The van der Waals surface area contributed by atoms with Gasteiger partial charge in [-0.3, -0.25) is 4.79 Å². The molecule has 0 atom stereocenters. The van der Waals surface area contributed by atoms with Gasteiger partial charge in [0, 0.05) is 0 Å². The van der Waals surface area contributed by atoms with Gasteiger partial charge in [0.25, 0.3) is 0 Å². The zero-order chi connectivity index (χ0) is 10.0. The minimum Gasteiger partial charge on any atom is -0.496 e. The summed E-state index contributed by atoms with van der Waals surface area (Å²) in [5, 5.41) is 0. The molecule has 0 radical (unpaired) electrons. The lowest BCUT2D eigenvalue weighted by Crippen LogP contribution is -1.97. The van der Waals surface area contributed by atoms with Crippen LogP contribution in [0.3, 0.4) is 0 Å². The van der Waals surface area contributed by atoms with Crippen molar-refractivity contribution in [3.8, 4) is 5.75 Å². The van der Waals surface area contributed by atoms with E-state index in [1.807, 2.05) is 0 Å². The number of carbonyl (C=O) groups excluding carboxylic acids is 1. The highest BCUT2D eigenvalue weighted by Gasteiger charge is 2.14. The van der Waals surface area contributed by atoms with Gasteiger partial charge >= 0.3 is 0 Å². The predicted octanol–water partition coefficient (Wildman–Crippen LogP) is 2.72. The number of carbonyl (C=O) groups is 1. The van der Waals surface area contributed by atoms with Gasteiger partial charge in [-0.15, -0.1) is 0 Å². The number of halogens is 2. The van der Waals surface area contributed by atoms with E-state index in [1.165, 1.54) is 13.2 Å². The first-order valence-electron chi connectivity index (χ1n) is 3.59. The summed E-state index contributed by atoms with van der Waals surface area (Å²) in [4.78, 5) is 10.6. The number of aryl methyl sites for hydroxylation is 1. The number of hydrogen-bond acceptors (Lipinski definition) is 2. The Balaban J connectivity index is 3.50. The van der Waals surface area contributed by atoms with Gasteiger partial charge < -0.3 is 4.74 Å². The van der Waals surface area contributed by atoms with Crippen LogP contribution in [0.5, 0.6) is 5.75 Å². The van der Waals surface area contributed by atoms with E-state index in [4.69, 9.17) is 4.74 Å². The third-order valence-corrected chi connectivity index (χ3v) is 2.52. The van der Waals surface area contributed by atoms with Crippen molar-refractivity contribution in [2.24, 2.45) is 0 Å². The second-order valence-electron chi connectivity index (χ2n) is 2.55. The lowest BCUT2D eigenvalue weighted by Gasteiger charge is -2.09. The Morgan fingerprint density at radius 2 is 2.23 bits per heavy atom. The van der Waals surface area contributed by atoms with E-state index < -0.39 is 5.82 Å². The summed E-state index contributed by atoms with van der Waals surface area (Å²) in [6.45, 7) is 1.68. The molecule has 0 aliphatic carbocycles. The third kappa shape index (κ3) is 1.72. The molecule has 13 heavy (non-hydrogen) atoms. The molecule has 0 unspecified atom stereocenters. The Morgan fingerprint density at radius 3 is 2.69 bits per heavy atom. The molecule has 70 valence electrons. The van der Waals surface area contributed by atoms with Crippen LogP contribution in [0.25, 0.3) is 0 Å². The largest absolute Gasteiger partial charge is 0.496 e. The Kier molecular flexibility index (Phi) is 3.03. The molecule has 0 N–H and O–H groups in total. The molecular weight excluding hydrogens is 239 g/mol. The first kappa shape index (κ1) is 10.2. The van der Waals surface area contributed by atoms with Crippen LogP contribution in [-0.4, -0.2) is 13.4 Å². The van der Waals surface area contributed by atoms with Crippen molar-refractivity contribution in [2.75, 3.05) is 7.11 Å².